The Labute approximate surface area is 84.5 Å². The third kappa shape index (κ3) is 1.65. The zero-order valence-electron chi connectivity index (χ0n) is 8.66. The molecule has 0 bridgehead atoms. The molecule has 1 aromatic rings. The molecule has 1 fully saturated rings. The van der Waals surface area contributed by atoms with E-state index < -0.39 is 0 Å². The predicted octanol–water partition coefficient (Wildman–Crippen LogP) is 1.94. The SMILES string of the molecule is Cc1ccc(C2CC(=O)N(C)C2)cc1. The summed E-state index contributed by atoms with van der Waals surface area (Å²) in [5.74, 6) is 0.656. The van der Waals surface area contributed by atoms with Crippen molar-refractivity contribution in [1.29, 1.82) is 0 Å². The second-order valence-corrected chi connectivity index (χ2v) is 4.09. The van der Waals surface area contributed by atoms with Gasteiger partial charge in [0.15, 0.2) is 0 Å². The van der Waals surface area contributed by atoms with E-state index in [0.29, 0.717) is 12.3 Å². The van der Waals surface area contributed by atoms with Gasteiger partial charge >= 0.3 is 0 Å². The van der Waals surface area contributed by atoms with Gasteiger partial charge in [-0.05, 0) is 12.5 Å². The van der Waals surface area contributed by atoms with E-state index in [4.69, 9.17) is 0 Å². The molecule has 1 heterocycles. The van der Waals surface area contributed by atoms with E-state index >= 15 is 0 Å². The number of rotatable bonds is 1. The van der Waals surface area contributed by atoms with E-state index in [1.54, 1.807) is 0 Å². The number of nitrogens with zero attached hydrogens (tertiary/aromatic N) is 1. The second-order valence-electron chi connectivity index (χ2n) is 4.09. The Kier molecular flexibility index (Phi) is 2.28. The van der Waals surface area contributed by atoms with Crippen molar-refractivity contribution in [1.82, 2.24) is 4.90 Å². The van der Waals surface area contributed by atoms with Crippen LogP contribution in [0.4, 0.5) is 0 Å². The molecule has 0 spiro atoms. The molecule has 1 aliphatic heterocycles. The lowest BCUT2D eigenvalue weighted by atomic mass is 9.97. The van der Waals surface area contributed by atoms with Gasteiger partial charge in [-0.1, -0.05) is 29.8 Å². The molecule has 14 heavy (non-hydrogen) atoms. The Morgan fingerprint density at radius 2 is 1.93 bits per heavy atom. The number of likely N-dealkylation sites (tertiary alicyclic amines) is 1. The summed E-state index contributed by atoms with van der Waals surface area (Å²) in [4.78, 5) is 13.2. The van der Waals surface area contributed by atoms with Crippen molar-refractivity contribution in [2.45, 2.75) is 19.3 Å². The Balaban J connectivity index is 2.17. The van der Waals surface area contributed by atoms with E-state index in [9.17, 15) is 4.79 Å². The molecule has 0 saturated carbocycles. The van der Waals surface area contributed by atoms with E-state index in [2.05, 4.69) is 31.2 Å². The number of carbonyl (C=O) groups is 1. The molecule has 1 aromatic carbocycles. The Morgan fingerprint density at radius 3 is 2.43 bits per heavy atom. The minimum Gasteiger partial charge on any atom is -0.345 e. The fraction of sp³-hybridized carbons (Fsp3) is 0.417. The summed E-state index contributed by atoms with van der Waals surface area (Å²) < 4.78 is 0. The van der Waals surface area contributed by atoms with Gasteiger partial charge in [0, 0.05) is 25.9 Å². The Bertz CT molecular complexity index is 342. The van der Waals surface area contributed by atoms with Crippen molar-refractivity contribution in [2.75, 3.05) is 13.6 Å². The topological polar surface area (TPSA) is 20.3 Å². The third-order valence-corrected chi connectivity index (χ3v) is 2.89. The normalized spacial score (nSPS) is 21.7. The summed E-state index contributed by atoms with van der Waals surface area (Å²) in [7, 11) is 1.87. The van der Waals surface area contributed by atoms with Crippen LogP contribution in [-0.2, 0) is 4.79 Å². The summed E-state index contributed by atoms with van der Waals surface area (Å²) in [6.07, 6.45) is 0.666. The average molecular weight is 189 g/mol. The van der Waals surface area contributed by atoms with Crippen molar-refractivity contribution in [3.63, 3.8) is 0 Å². The average Bonchev–Trinajstić information content (AvgIpc) is 2.48. The van der Waals surface area contributed by atoms with Crippen molar-refractivity contribution in [2.24, 2.45) is 0 Å². The molecule has 74 valence electrons. The lowest BCUT2D eigenvalue weighted by Crippen LogP contribution is -2.18. The lowest BCUT2D eigenvalue weighted by Gasteiger charge is -2.10. The maximum atomic E-state index is 11.4. The zero-order valence-corrected chi connectivity index (χ0v) is 8.66. The van der Waals surface area contributed by atoms with E-state index in [1.165, 1.54) is 11.1 Å². The number of carbonyl (C=O) groups excluding carboxylic acids is 1. The smallest absolute Gasteiger partial charge is 0.223 e. The van der Waals surface area contributed by atoms with Gasteiger partial charge in [-0.15, -0.1) is 0 Å². The first-order valence-corrected chi connectivity index (χ1v) is 4.97. The highest BCUT2D eigenvalue weighted by Gasteiger charge is 2.27. The van der Waals surface area contributed by atoms with Crippen LogP contribution >= 0.6 is 0 Å². The molecule has 2 nitrogen and oxygen atoms in total. The zero-order chi connectivity index (χ0) is 10.1. The number of hydrogen-bond acceptors (Lipinski definition) is 1. The van der Waals surface area contributed by atoms with Crippen molar-refractivity contribution in [3.8, 4) is 0 Å². The molecule has 1 unspecified atom stereocenters. The molecule has 0 aliphatic carbocycles. The molecule has 1 saturated heterocycles. The molecule has 2 heteroatoms. The standard InChI is InChI=1S/C12H15NO/c1-9-3-5-10(6-4-9)11-7-12(14)13(2)8-11/h3-6,11H,7-8H2,1-2H3. The number of aryl methyl sites for hydroxylation is 1. The van der Waals surface area contributed by atoms with Gasteiger partial charge in [-0.2, -0.15) is 0 Å². The predicted molar refractivity (Wildman–Crippen MR) is 56.2 cm³/mol. The highest BCUT2D eigenvalue weighted by molar-refractivity contribution is 5.79. The minimum atomic E-state index is 0.260. The van der Waals surface area contributed by atoms with E-state index in [1.807, 2.05) is 11.9 Å². The summed E-state index contributed by atoms with van der Waals surface area (Å²) >= 11 is 0. The van der Waals surface area contributed by atoms with Gasteiger partial charge in [-0.3, -0.25) is 4.79 Å². The fourth-order valence-corrected chi connectivity index (χ4v) is 1.93. The van der Waals surface area contributed by atoms with Crippen LogP contribution < -0.4 is 0 Å². The molecule has 0 radical (unpaired) electrons. The van der Waals surface area contributed by atoms with E-state index in [0.717, 1.165) is 6.54 Å². The number of benzene rings is 1. The van der Waals surface area contributed by atoms with E-state index in [-0.39, 0.29) is 5.91 Å². The molecule has 0 N–H and O–H groups in total. The summed E-state index contributed by atoms with van der Waals surface area (Å²) in [5, 5.41) is 0. The van der Waals surface area contributed by atoms with Crippen LogP contribution in [0.3, 0.4) is 0 Å². The minimum absolute atomic E-state index is 0.260. The van der Waals surface area contributed by atoms with Crippen molar-refractivity contribution in [3.05, 3.63) is 35.4 Å². The number of likely N-dealkylation sites (N-methyl/N-ethyl adjacent to an activating group) is 1. The van der Waals surface area contributed by atoms with Crippen LogP contribution in [0.25, 0.3) is 0 Å². The summed E-state index contributed by atoms with van der Waals surface area (Å²) in [6, 6.07) is 8.48. The highest BCUT2D eigenvalue weighted by Crippen LogP contribution is 2.26. The molecule has 1 amide bonds. The van der Waals surface area contributed by atoms with Crippen LogP contribution in [0.1, 0.15) is 23.5 Å². The summed E-state index contributed by atoms with van der Waals surface area (Å²) in [5.41, 5.74) is 2.56. The third-order valence-electron chi connectivity index (χ3n) is 2.89. The first-order valence-electron chi connectivity index (χ1n) is 4.97. The molecular weight excluding hydrogens is 174 g/mol. The second kappa shape index (κ2) is 3.45. The van der Waals surface area contributed by atoms with Gasteiger partial charge in [0.1, 0.15) is 0 Å². The van der Waals surface area contributed by atoms with Crippen LogP contribution in [0, 0.1) is 6.92 Å². The number of hydrogen-bond donors (Lipinski definition) is 0. The van der Waals surface area contributed by atoms with Crippen LogP contribution in [-0.4, -0.2) is 24.4 Å². The Morgan fingerprint density at radius 1 is 1.29 bits per heavy atom. The summed E-state index contributed by atoms with van der Waals surface area (Å²) in [6.45, 7) is 2.94. The van der Waals surface area contributed by atoms with Gasteiger partial charge in [0.25, 0.3) is 0 Å². The molecule has 1 aliphatic rings. The molecule has 0 aromatic heterocycles. The largest absolute Gasteiger partial charge is 0.345 e. The first-order chi connectivity index (χ1) is 6.66. The molecule has 1 atom stereocenters. The maximum absolute atomic E-state index is 11.4. The van der Waals surface area contributed by atoms with Gasteiger partial charge < -0.3 is 4.90 Å². The molecular formula is C12H15NO. The van der Waals surface area contributed by atoms with Crippen LogP contribution in [0.5, 0.6) is 0 Å². The van der Waals surface area contributed by atoms with Gasteiger partial charge in [-0.25, -0.2) is 0 Å². The van der Waals surface area contributed by atoms with Crippen molar-refractivity contribution < 1.29 is 4.79 Å². The Hall–Kier alpha value is -1.31. The maximum Gasteiger partial charge on any atom is 0.223 e. The van der Waals surface area contributed by atoms with Crippen LogP contribution in [0.15, 0.2) is 24.3 Å². The van der Waals surface area contributed by atoms with Gasteiger partial charge in [0.05, 0.1) is 0 Å². The lowest BCUT2D eigenvalue weighted by molar-refractivity contribution is -0.126. The number of amides is 1. The fourth-order valence-electron chi connectivity index (χ4n) is 1.93. The van der Waals surface area contributed by atoms with Gasteiger partial charge in [0.2, 0.25) is 5.91 Å². The first kappa shape index (κ1) is 9.25. The quantitative estimate of drug-likeness (QED) is 0.661. The van der Waals surface area contributed by atoms with Crippen LogP contribution in [0.2, 0.25) is 0 Å². The monoisotopic (exact) mass is 189 g/mol. The molecule has 2 rings (SSSR count). The van der Waals surface area contributed by atoms with Crippen molar-refractivity contribution >= 4 is 5.91 Å². The highest BCUT2D eigenvalue weighted by atomic mass is 16.2.